The molecule has 2 aliphatic rings. The summed E-state index contributed by atoms with van der Waals surface area (Å²) in [6.45, 7) is 0.835. The van der Waals surface area contributed by atoms with Crippen LogP contribution in [-0.4, -0.2) is 40.7 Å². The average Bonchev–Trinajstić information content (AvgIpc) is 3.41. The number of hydrogen-bond acceptors (Lipinski definition) is 5. The number of urea groups is 1. The SMILES string of the molecule is CC1(C2CC2)NC(=O)N(CC(=O)Nc2ccc(NC(=O)c3ccco3)cc2C(F)(F)F)C1=O. The van der Waals surface area contributed by atoms with E-state index in [1.807, 2.05) is 0 Å². The van der Waals surface area contributed by atoms with Gasteiger partial charge in [0.25, 0.3) is 11.8 Å². The lowest BCUT2D eigenvalue weighted by Crippen LogP contribution is -2.46. The summed E-state index contributed by atoms with van der Waals surface area (Å²) >= 11 is 0. The van der Waals surface area contributed by atoms with Crippen molar-refractivity contribution < 1.29 is 36.8 Å². The van der Waals surface area contributed by atoms with E-state index in [0.717, 1.165) is 18.9 Å². The number of carbonyl (C=O) groups is 4. The van der Waals surface area contributed by atoms with E-state index in [2.05, 4.69) is 16.0 Å². The van der Waals surface area contributed by atoms with E-state index in [0.29, 0.717) is 11.0 Å². The second kappa shape index (κ2) is 7.94. The molecule has 0 radical (unpaired) electrons. The van der Waals surface area contributed by atoms with Crippen molar-refractivity contribution in [3.8, 4) is 0 Å². The molecule has 1 unspecified atom stereocenters. The number of imide groups is 1. The van der Waals surface area contributed by atoms with Gasteiger partial charge in [0.15, 0.2) is 5.76 Å². The van der Waals surface area contributed by atoms with Crippen molar-refractivity contribution in [1.29, 1.82) is 0 Å². The molecule has 2 fully saturated rings. The molecule has 1 saturated carbocycles. The summed E-state index contributed by atoms with van der Waals surface area (Å²) < 4.78 is 45.7. The minimum atomic E-state index is -4.86. The molecule has 1 aliphatic carbocycles. The van der Waals surface area contributed by atoms with Crippen molar-refractivity contribution in [1.82, 2.24) is 10.2 Å². The maximum absolute atomic E-state index is 13.6. The highest BCUT2D eigenvalue weighted by atomic mass is 19.4. The molecule has 4 rings (SSSR count). The highest BCUT2D eigenvalue weighted by molar-refractivity contribution is 6.10. The van der Waals surface area contributed by atoms with Gasteiger partial charge in [0.05, 0.1) is 17.5 Å². The molecule has 1 atom stereocenters. The summed E-state index contributed by atoms with van der Waals surface area (Å²) in [4.78, 5) is 49.9. The molecule has 2 heterocycles. The predicted molar refractivity (Wildman–Crippen MR) is 108 cm³/mol. The maximum atomic E-state index is 13.6. The Morgan fingerprint density at radius 3 is 2.55 bits per heavy atom. The average molecular weight is 464 g/mol. The monoisotopic (exact) mass is 464 g/mol. The standard InChI is InChI=1S/C21H19F3N4O5/c1-20(11-4-5-11)18(31)28(19(32)27-20)10-16(29)26-14-7-6-12(9-13(14)21(22,23)24)25-17(30)15-3-2-8-33-15/h2-3,6-9,11H,4-5,10H2,1H3,(H,25,30)(H,26,29)(H,27,32). The Kier molecular flexibility index (Phi) is 5.38. The van der Waals surface area contributed by atoms with Crippen molar-refractivity contribution in [3.05, 3.63) is 47.9 Å². The smallest absolute Gasteiger partial charge is 0.418 e. The second-order valence-corrected chi connectivity index (χ2v) is 8.04. The normalized spacial score (nSPS) is 20.5. The number of nitrogens with zero attached hydrogens (tertiary/aromatic N) is 1. The Hall–Kier alpha value is -3.83. The first-order valence-corrected chi connectivity index (χ1v) is 9.99. The number of rotatable bonds is 6. The lowest BCUT2D eigenvalue weighted by atomic mass is 9.96. The molecule has 3 N–H and O–H groups in total. The van der Waals surface area contributed by atoms with Crippen LogP contribution in [-0.2, 0) is 15.8 Å². The Morgan fingerprint density at radius 1 is 1.21 bits per heavy atom. The molecule has 0 bridgehead atoms. The first kappa shape index (κ1) is 22.4. The van der Waals surface area contributed by atoms with Crippen LogP contribution in [0.5, 0.6) is 0 Å². The molecule has 33 heavy (non-hydrogen) atoms. The van der Waals surface area contributed by atoms with Crippen LogP contribution in [0.1, 0.15) is 35.9 Å². The lowest BCUT2D eigenvalue weighted by molar-refractivity contribution is -0.137. The van der Waals surface area contributed by atoms with Gasteiger partial charge in [0, 0.05) is 5.69 Å². The van der Waals surface area contributed by atoms with Gasteiger partial charge in [-0.2, -0.15) is 13.2 Å². The Bertz CT molecular complexity index is 1130. The highest BCUT2D eigenvalue weighted by Crippen LogP contribution is 2.42. The number of carbonyl (C=O) groups excluding carboxylic acids is 4. The number of furan rings is 1. The van der Waals surface area contributed by atoms with Gasteiger partial charge in [-0.05, 0) is 56.0 Å². The molecule has 1 aromatic heterocycles. The van der Waals surface area contributed by atoms with Crippen LogP contribution in [0.15, 0.2) is 41.0 Å². The van der Waals surface area contributed by atoms with Crippen LogP contribution >= 0.6 is 0 Å². The summed E-state index contributed by atoms with van der Waals surface area (Å²) in [6.07, 6.45) is -2.09. The fraction of sp³-hybridized carbons (Fsp3) is 0.333. The number of benzene rings is 1. The molecule has 1 aliphatic heterocycles. The van der Waals surface area contributed by atoms with Crippen LogP contribution in [0.3, 0.4) is 0 Å². The Balaban J connectivity index is 1.49. The van der Waals surface area contributed by atoms with Crippen LogP contribution in [0, 0.1) is 5.92 Å². The van der Waals surface area contributed by atoms with E-state index in [4.69, 9.17) is 4.42 Å². The van der Waals surface area contributed by atoms with E-state index in [9.17, 15) is 32.3 Å². The third kappa shape index (κ3) is 4.41. The second-order valence-electron chi connectivity index (χ2n) is 8.04. The van der Waals surface area contributed by atoms with E-state index in [1.165, 1.54) is 24.5 Å². The predicted octanol–water partition coefficient (Wildman–Crippen LogP) is 3.21. The minimum absolute atomic E-state index is 0.0252. The molecule has 5 amide bonds. The van der Waals surface area contributed by atoms with Gasteiger partial charge in [-0.15, -0.1) is 0 Å². The third-order valence-electron chi connectivity index (χ3n) is 5.60. The van der Waals surface area contributed by atoms with Crippen LogP contribution in [0.2, 0.25) is 0 Å². The van der Waals surface area contributed by atoms with Gasteiger partial charge < -0.3 is 20.4 Å². The fourth-order valence-electron chi connectivity index (χ4n) is 3.70. The summed E-state index contributed by atoms with van der Waals surface area (Å²) in [5.41, 5.74) is -3.08. The molecule has 1 aromatic carbocycles. The fourth-order valence-corrected chi connectivity index (χ4v) is 3.70. The highest BCUT2D eigenvalue weighted by Gasteiger charge is 2.56. The van der Waals surface area contributed by atoms with Gasteiger partial charge in [-0.3, -0.25) is 19.3 Å². The zero-order chi connectivity index (χ0) is 24.0. The van der Waals surface area contributed by atoms with E-state index >= 15 is 0 Å². The quantitative estimate of drug-likeness (QED) is 0.567. The zero-order valence-electron chi connectivity index (χ0n) is 17.3. The largest absolute Gasteiger partial charge is 0.459 e. The maximum Gasteiger partial charge on any atom is 0.418 e. The lowest BCUT2D eigenvalue weighted by Gasteiger charge is -2.21. The number of halogens is 3. The number of anilines is 2. The van der Waals surface area contributed by atoms with Crippen molar-refractivity contribution >= 4 is 35.1 Å². The van der Waals surface area contributed by atoms with Gasteiger partial charge >= 0.3 is 12.2 Å². The van der Waals surface area contributed by atoms with Gasteiger partial charge in [-0.1, -0.05) is 0 Å². The first-order valence-electron chi connectivity index (χ1n) is 9.99. The van der Waals surface area contributed by atoms with Crippen molar-refractivity contribution in [2.24, 2.45) is 5.92 Å². The summed E-state index contributed by atoms with van der Waals surface area (Å²) in [5, 5.41) is 6.95. The van der Waals surface area contributed by atoms with Crippen LogP contribution in [0.25, 0.3) is 0 Å². The summed E-state index contributed by atoms with van der Waals surface area (Å²) in [6, 6.07) is 4.83. The van der Waals surface area contributed by atoms with Gasteiger partial charge in [-0.25, -0.2) is 4.79 Å². The minimum Gasteiger partial charge on any atom is -0.459 e. The van der Waals surface area contributed by atoms with E-state index < -0.39 is 53.3 Å². The van der Waals surface area contributed by atoms with Gasteiger partial charge in [0.2, 0.25) is 5.91 Å². The Morgan fingerprint density at radius 2 is 1.94 bits per heavy atom. The molecule has 174 valence electrons. The van der Waals surface area contributed by atoms with Crippen molar-refractivity contribution in [2.75, 3.05) is 17.2 Å². The zero-order valence-corrected chi connectivity index (χ0v) is 17.3. The van der Waals surface area contributed by atoms with Crippen molar-refractivity contribution in [2.45, 2.75) is 31.5 Å². The van der Waals surface area contributed by atoms with Crippen molar-refractivity contribution in [3.63, 3.8) is 0 Å². The summed E-state index contributed by atoms with van der Waals surface area (Å²) in [5.74, 6) is -2.42. The van der Waals surface area contributed by atoms with E-state index in [-0.39, 0.29) is 17.4 Å². The molecular formula is C21H19F3N4O5. The van der Waals surface area contributed by atoms with Crippen LogP contribution in [0.4, 0.5) is 29.3 Å². The number of alkyl halides is 3. The van der Waals surface area contributed by atoms with Crippen LogP contribution < -0.4 is 16.0 Å². The third-order valence-corrected chi connectivity index (χ3v) is 5.60. The molecule has 0 spiro atoms. The van der Waals surface area contributed by atoms with Gasteiger partial charge in [0.1, 0.15) is 12.1 Å². The number of hydrogen-bond donors (Lipinski definition) is 3. The molecule has 1 saturated heterocycles. The molecule has 9 nitrogen and oxygen atoms in total. The number of nitrogens with one attached hydrogen (secondary N) is 3. The molecule has 2 aromatic rings. The van der Waals surface area contributed by atoms with E-state index in [1.54, 1.807) is 6.92 Å². The topological polar surface area (TPSA) is 121 Å². The molecular weight excluding hydrogens is 445 g/mol. The first-order chi connectivity index (χ1) is 15.5. The summed E-state index contributed by atoms with van der Waals surface area (Å²) in [7, 11) is 0. The molecule has 12 heteroatoms. The number of amides is 5. The Labute approximate surface area is 185 Å².